The largest absolute Gasteiger partial charge is 0.465 e. The predicted molar refractivity (Wildman–Crippen MR) is 82.2 cm³/mol. The van der Waals surface area contributed by atoms with E-state index in [4.69, 9.17) is 4.74 Å². The number of nitrogens with zero attached hydrogens (tertiary/aromatic N) is 2. The van der Waals surface area contributed by atoms with Crippen molar-refractivity contribution in [2.45, 2.75) is 37.9 Å². The third-order valence-corrected chi connectivity index (χ3v) is 5.01. The van der Waals surface area contributed by atoms with Crippen molar-refractivity contribution in [3.05, 3.63) is 35.4 Å². The zero-order chi connectivity index (χ0) is 14.8. The summed E-state index contributed by atoms with van der Waals surface area (Å²) < 4.78 is 4.73. The Labute approximate surface area is 126 Å². The number of carbonyl (C=O) groups is 1. The third kappa shape index (κ3) is 3.11. The van der Waals surface area contributed by atoms with Crippen molar-refractivity contribution >= 4 is 5.97 Å². The van der Waals surface area contributed by atoms with Crippen LogP contribution in [0, 0.1) is 0 Å². The van der Waals surface area contributed by atoms with Gasteiger partial charge in [-0.2, -0.15) is 0 Å². The molecule has 2 atom stereocenters. The molecule has 2 bridgehead atoms. The van der Waals surface area contributed by atoms with Crippen LogP contribution >= 0.6 is 0 Å². The summed E-state index contributed by atoms with van der Waals surface area (Å²) in [5.74, 6) is -0.268. The van der Waals surface area contributed by atoms with Crippen LogP contribution in [-0.4, -0.2) is 55.1 Å². The first-order valence-corrected chi connectivity index (χ1v) is 7.79. The van der Waals surface area contributed by atoms with Crippen LogP contribution in [-0.2, 0) is 11.3 Å². The van der Waals surface area contributed by atoms with Gasteiger partial charge in [-0.3, -0.25) is 9.80 Å². The molecule has 2 heterocycles. The first-order chi connectivity index (χ1) is 10.2. The van der Waals surface area contributed by atoms with Gasteiger partial charge in [-0.05, 0) is 44.0 Å². The lowest BCUT2D eigenvalue weighted by Crippen LogP contribution is -2.36. The van der Waals surface area contributed by atoms with Gasteiger partial charge in [0.1, 0.15) is 0 Å². The normalized spacial score (nSPS) is 26.6. The average Bonchev–Trinajstić information content (AvgIpc) is 2.75. The van der Waals surface area contributed by atoms with E-state index < -0.39 is 0 Å². The molecule has 0 aromatic heterocycles. The number of methoxy groups -OCH3 is 1. The highest BCUT2D eigenvalue weighted by atomic mass is 16.5. The van der Waals surface area contributed by atoms with Gasteiger partial charge in [-0.25, -0.2) is 4.79 Å². The minimum atomic E-state index is -0.268. The molecule has 21 heavy (non-hydrogen) atoms. The quantitative estimate of drug-likeness (QED) is 0.798. The summed E-state index contributed by atoms with van der Waals surface area (Å²) in [5.41, 5.74) is 1.89. The number of carbonyl (C=O) groups excluding carboxylic acids is 1. The van der Waals surface area contributed by atoms with E-state index in [0.717, 1.165) is 19.1 Å². The van der Waals surface area contributed by atoms with Gasteiger partial charge in [0, 0.05) is 31.7 Å². The molecular formula is C17H24N2O2. The minimum absolute atomic E-state index is 0.268. The summed E-state index contributed by atoms with van der Waals surface area (Å²) in [7, 11) is 3.69. The number of hydrogen-bond donors (Lipinski definition) is 0. The van der Waals surface area contributed by atoms with Crippen LogP contribution in [0.15, 0.2) is 24.3 Å². The molecule has 3 rings (SSSR count). The van der Waals surface area contributed by atoms with Gasteiger partial charge in [0.25, 0.3) is 0 Å². The first kappa shape index (κ1) is 14.5. The molecule has 0 radical (unpaired) electrons. The summed E-state index contributed by atoms with van der Waals surface area (Å²) in [4.78, 5) is 16.6. The summed E-state index contributed by atoms with van der Waals surface area (Å²) in [5, 5.41) is 0. The van der Waals surface area contributed by atoms with E-state index >= 15 is 0 Å². The Bertz CT molecular complexity index is 500. The van der Waals surface area contributed by atoms with E-state index in [-0.39, 0.29) is 5.97 Å². The Morgan fingerprint density at radius 3 is 2.62 bits per heavy atom. The second kappa shape index (κ2) is 6.16. The lowest BCUT2D eigenvalue weighted by molar-refractivity contribution is 0.0600. The molecule has 4 heteroatoms. The number of fused-ring (bicyclic) bond motifs is 2. The van der Waals surface area contributed by atoms with Gasteiger partial charge >= 0.3 is 5.97 Å². The molecule has 2 fully saturated rings. The standard InChI is InChI=1S/C17H24N2O2/c1-18-15-7-8-16(18)12-19(10-9-15)11-13-3-5-14(6-4-13)17(20)21-2/h3-6,15-16H,7-12H2,1-2H3. The van der Waals surface area contributed by atoms with Gasteiger partial charge in [0.15, 0.2) is 0 Å². The van der Waals surface area contributed by atoms with E-state index in [1.54, 1.807) is 0 Å². The highest BCUT2D eigenvalue weighted by molar-refractivity contribution is 5.89. The number of esters is 1. The SMILES string of the molecule is COC(=O)c1ccc(CN2CCC3CCC(C2)N3C)cc1. The Kier molecular flexibility index (Phi) is 4.27. The Hall–Kier alpha value is -1.39. The second-order valence-corrected chi connectivity index (χ2v) is 6.26. The van der Waals surface area contributed by atoms with Gasteiger partial charge in [-0.15, -0.1) is 0 Å². The maximum atomic E-state index is 11.4. The van der Waals surface area contributed by atoms with Crippen LogP contribution in [0.4, 0.5) is 0 Å². The minimum Gasteiger partial charge on any atom is -0.465 e. The van der Waals surface area contributed by atoms with Crippen molar-refractivity contribution in [1.29, 1.82) is 0 Å². The van der Waals surface area contributed by atoms with Crippen LogP contribution < -0.4 is 0 Å². The summed E-state index contributed by atoms with van der Waals surface area (Å²) in [6.45, 7) is 3.30. The Morgan fingerprint density at radius 2 is 1.90 bits per heavy atom. The highest BCUT2D eigenvalue weighted by Gasteiger charge is 2.34. The molecule has 0 aliphatic carbocycles. The van der Waals surface area contributed by atoms with Crippen LogP contribution in [0.3, 0.4) is 0 Å². The molecule has 0 saturated carbocycles. The average molecular weight is 288 g/mol. The van der Waals surface area contributed by atoms with Crippen molar-refractivity contribution in [1.82, 2.24) is 9.80 Å². The van der Waals surface area contributed by atoms with Gasteiger partial charge in [-0.1, -0.05) is 12.1 Å². The molecule has 0 spiro atoms. The third-order valence-electron chi connectivity index (χ3n) is 5.01. The number of rotatable bonds is 3. The van der Waals surface area contributed by atoms with E-state index in [2.05, 4.69) is 16.8 Å². The summed E-state index contributed by atoms with van der Waals surface area (Å²) in [6.07, 6.45) is 3.97. The maximum absolute atomic E-state index is 11.4. The molecule has 0 amide bonds. The number of hydrogen-bond acceptors (Lipinski definition) is 4. The molecule has 1 aromatic rings. The molecule has 2 saturated heterocycles. The van der Waals surface area contributed by atoms with E-state index in [1.165, 1.54) is 38.5 Å². The van der Waals surface area contributed by atoms with Gasteiger partial charge in [0.05, 0.1) is 12.7 Å². The van der Waals surface area contributed by atoms with E-state index in [1.807, 2.05) is 24.3 Å². The van der Waals surface area contributed by atoms with Gasteiger partial charge in [0.2, 0.25) is 0 Å². The Balaban J connectivity index is 1.63. The highest BCUT2D eigenvalue weighted by Crippen LogP contribution is 2.29. The van der Waals surface area contributed by atoms with E-state index in [0.29, 0.717) is 11.6 Å². The molecule has 1 aromatic carbocycles. The van der Waals surface area contributed by atoms with Crippen molar-refractivity contribution in [2.75, 3.05) is 27.2 Å². The van der Waals surface area contributed by atoms with Crippen molar-refractivity contribution in [3.8, 4) is 0 Å². The molecule has 0 N–H and O–H groups in total. The lowest BCUT2D eigenvalue weighted by atomic mass is 10.1. The zero-order valence-electron chi connectivity index (χ0n) is 12.9. The first-order valence-electron chi connectivity index (χ1n) is 7.79. The molecule has 2 aliphatic rings. The fraction of sp³-hybridized carbons (Fsp3) is 0.588. The number of benzene rings is 1. The summed E-state index contributed by atoms with van der Waals surface area (Å²) >= 11 is 0. The topological polar surface area (TPSA) is 32.8 Å². The van der Waals surface area contributed by atoms with Gasteiger partial charge < -0.3 is 4.74 Å². The van der Waals surface area contributed by atoms with Crippen molar-refractivity contribution < 1.29 is 9.53 Å². The number of likely N-dealkylation sites (N-methyl/N-ethyl adjacent to an activating group) is 1. The van der Waals surface area contributed by atoms with Crippen LogP contribution in [0.25, 0.3) is 0 Å². The van der Waals surface area contributed by atoms with Crippen LogP contribution in [0.5, 0.6) is 0 Å². The van der Waals surface area contributed by atoms with Crippen molar-refractivity contribution in [2.24, 2.45) is 0 Å². The molecule has 2 unspecified atom stereocenters. The Morgan fingerprint density at radius 1 is 1.19 bits per heavy atom. The summed E-state index contributed by atoms with van der Waals surface area (Å²) in [6, 6.07) is 9.29. The smallest absolute Gasteiger partial charge is 0.337 e. The molecule has 114 valence electrons. The fourth-order valence-corrected chi connectivity index (χ4v) is 3.65. The van der Waals surface area contributed by atoms with E-state index in [9.17, 15) is 4.79 Å². The lowest BCUT2D eigenvalue weighted by Gasteiger charge is -2.25. The van der Waals surface area contributed by atoms with Crippen molar-refractivity contribution in [3.63, 3.8) is 0 Å². The van der Waals surface area contributed by atoms with Crippen LogP contribution in [0.2, 0.25) is 0 Å². The maximum Gasteiger partial charge on any atom is 0.337 e. The monoisotopic (exact) mass is 288 g/mol. The second-order valence-electron chi connectivity index (χ2n) is 6.26. The number of ether oxygens (including phenoxy) is 1. The molecule has 4 nitrogen and oxygen atoms in total. The zero-order valence-corrected chi connectivity index (χ0v) is 12.9. The molecular weight excluding hydrogens is 264 g/mol. The number of likely N-dealkylation sites (tertiary alicyclic amines) is 1. The predicted octanol–water partition coefficient (Wildman–Crippen LogP) is 2.14. The molecule has 2 aliphatic heterocycles. The van der Waals surface area contributed by atoms with Crippen LogP contribution in [0.1, 0.15) is 35.2 Å². The fourth-order valence-electron chi connectivity index (χ4n) is 3.65.